The van der Waals surface area contributed by atoms with Crippen LogP contribution in [-0.4, -0.2) is 47.0 Å². The number of hydrogen-bond acceptors (Lipinski definition) is 6. The number of alkyl carbamates (subject to hydrolysis) is 1. The number of amides is 1. The number of ether oxygens (including phenoxy) is 1. The number of aliphatic hydroxyl groups excluding tert-OH is 1. The van der Waals surface area contributed by atoms with Gasteiger partial charge in [-0.05, 0) is 31.2 Å². The lowest BCUT2D eigenvalue weighted by Gasteiger charge is -2.40. The molecule has 0 aliphatic heterocycles. The second-order valence-electron chi connectivity index (χ2n) is 8.62. The number of carbonyl (C=O) groups excluding carboxylic acids is 2. The minimum Gasteiger partial charge on any atom is -0.445 e. The van der Waals surface area contributed by atoms with Gasteiger partial charge in [-0.1, -0.05) is 68.9 Å². The second-order valence-corrected chi connectivity index (χ2v) is 8.62. The van der Waals surface area contributed by atoms with E-state index in [0.717, 1.165) is 56.9 Å². The van der Waals surface area contributed by atoms with Crippen LogP contribution in [0.25, 0.3) is 0 Å². The average molecular weight is 433 g/mol. The molecule has 2 saturated carbocycles. The smallest absolute Gasteiger partial charge is 0.408 e. The zero-order valence-corrected chi connectivity index (χ0v) is 18.3. The summed E-state index contributed by atoms with van der Waals surface area (Å²) in [5.74, 6) is -0.526. The van der Waals surface area contributed by atoms with Crippen LogP contribution in [-0.2, 0) is 21.0 Å². The molecule has 0 radical (unpaired) electrons. The molecule has 1 amide bonds. The van der Waals surface area contributed by atoms with Crippen molar-refractivity contribution in [3.8, 4) is 0 Å². The first-order valence-corrected chi connectivity index (χ1v) is 11.8. The minimum absolute atomic E-state index is 0.0858. The Morgan fingerprint density at radius 1 is 0.968 bits per heavy atom. The predicted octanol–water partition coefficient (Wildman–Crippen LogP) is 4.09. The fraction of sp³-hybridized carbons (Fsp3) is 0.667. The molecule has 0 heterocycles. The summed E-state index contributed by atoms with van der Waals surface area (Å²) in [6.07, 6.45) is 10.6. The molecule has 0 unspecified atom stereocenters. The summed E-state index contributed by atoms with van der Waals surface area (Å²) in [6, 6.07) is 8.88. The van der Waals surface area contributed by atoms with E-state index in [1.54, 1.807) is 0 Å². The molecule has 0 bridgehead atoms. The van der Waals surface area contributed by atoms with Crippen LogP contribution >= 0.6 is 0 Å². The van der Waals surface area contributed by atoms with Crippen molar-refractivity contribution in [2.24, 2.45) is 0 Å². The summed E-state index contributed by atoms with van der Waals surface area (Å²) in [7, 11) is 0. The highest BCUT2D eigenvalue weighted by atomic mass is 16.7. The van der Waals surface area contributed by atoms with Gasteiger partial charge < -0.3 is 20.0 Å². The van der Waals surface area contributed by atoms with Crippen molar-refractivity contribution >= 4 is 12.1 Å². The highest BCUT2D eigenvalue weighted by molar-refractivity contribution is 5.81. The highest BCUT2D eigenvalue weighted by Crippen LogP contribution is 2.30. The average Bonchev–Trinajstić information content (AvgIpc) is 2.82. The Bertz CT molecular complexity index is 654. The van der Waals surface area contributed by atoms with Gasteiger partial charge in [-0.15, -0.1) is 5.06 Å². The third-order valence-electron chi connectivity index (χ3n) is 6.27. The first-order valence-electron chi connectivity index (χ1n) is 11.8. The normalized spacial score (nSPS) is 19.0. The van der Waals surface area contributed by atoms with Crippen molar-refractivity contribution in [1.82, 2.24) is 10.4 Å². The molecule has 172 valence electrons. The fourth-order valence-corrected chi connectivity index (χ4v) is 4.57. The zero-order chi connectivity index (χ0) is 21.9. The number of hydroxylamine groups is 2. The molecule has 3 rings (SSSR count). The molecule has 1 atom stereocenters. The summed E-state index contributed by atoms with van der Waals surface area (Å²) in [5.41, 5.74) is 0.861. The molecule has 1 aromatic carbocycles. The molecule has 0 saturated heterocycles. The molecule has 2 aliphatic rings. The maximum absolute atomic E-state index is 13.0. The molecule has 0 spiro atoms. The van der Waals surface area contributed by atoms with Crippen molar-refractivity contribution in [2.45, 2.75) is 95.4 Å². The van der Waals surface area contributed by atoms with Crippen LogP contribution in [0, 0.1) is 0 Å². The number of hydrogen-bond donors (Lipinski definition) is 2. The Morgan fingerprint density at radius 3 is 2.10 bits per heavy atom. The first kappa shape index (κ1) is 23.5. The third kappa shape index (κ3) is 7.51. The lowest BCUT2D eigenvalue weighted by molar-refractivity contribution is -0.225. The van der Waals surface area contributed by atoms with Gasteiger partial charge in [0, 0.05) is 25.1 Å². The Kier molecular flexibility index (Phi) is 9.62. The Morgan fingerprint density at radius 2 is 1.55 bits per heavy atom. The standard InChI is InChI=1S/C24H36N2O5/c27-17-16-22(25-24(29)30-18-19-10-4-1-5-11-19)23(28)31-26(20-12-6-2-7-13-20)21-14-8-3-9-15-21/h1,4-5,10-11,20-22,27H,2-3,6-9,12-18H2,(H,25,29)/t22-/m1/s1. The maximum Gasteiger partial charge on any atom is 0.408 e. The number of rotatable bonds is 9. The molecule has 7 nitrogen and oxygen atoms in total. The van der Waals surface area contributed by atoms with Gasteiger partial charge in [-0.2, -0.15) is 0 Å². The lowest BCUT2D eigenvalue weighted by Crippen LogP contribution is -2.50. The van der Waals surface area contributed by atoms with Crippen LogP contribution in [0.2, 0.25) is 0 Å². The van der Waals surface area contributed by atoms with E-state index < -0.39 is 18.1 Å². The number of nitrogens with one attached hydrogen (secondary N) is 1. The van der Waals surface area contributed by atoms with Gasteiger partial charge >= 0.3 is 12.1 Å². The molecule has 2 fully saturated rings. The number of nitrogens with zero attached hydrogens (tertiary/aromatic N) is 1. The van der Waals surface area contributed by atoms with Crippen LogP contribution in [0.15, 0.2) is 30.3 Å². The third-order valence-corrected chi connectivity index (χ3v) is 6.27. The molecule has 7 heteroatoms. The van der Waals surface area contributed by atoms with Crippen LogP contribution in [0.5, 0.6) is 0 Å². The second kappa shape index (κ2) is 12.7. The summed E-state index contributed by atoms with van der Waals surface area (Å²) in [4.78, 5) is 31.2. The number of carbonyl (C=O) groups is 2. The number of benzene rings is 1. The SMILES string of the molecule is O=C(N[C@H](CCO)C(=O)ON(C1CCCCC1)C1CCCCC1)OCc1ccccc1. The Hall–Kier alpha value is -2.12. The van der Waals surface area contributed by atoms with Crippen molar-refractivity contribution in [1.29, 1.82) is 0 Å². The largest absolute Gasteiger partial charge is 0.445 e. The molecule has 2 aliphatic carbocycles. The van der Waals surface area contributed by atoms with Gasteiger partial charge in [-0.25, -0.2) is 9.59 Å². The van der Waals surface area contributed by atoms with E-state index in [2.05, 4.69) is 5.32 Å². The molecule has 1 aromatic rings. The van der Waals surface area contributed by atoms with E-state index in [4.69, 9.17) is 9.57 Å². The van der Waals surface area contributed by atoms with Gasteiger partial charge in [0.1, 0.15) is 12.6 Å². The Labute approximate surface area is 185 Å². The van der Waals surface area contributed by atoms with Gasteiger partial charge in [0.25, 0.3) is 0 Å². The van der Waals surface area contributed by atoms with E-state index in [1.165, 1.54) is 12.8 Å². The molecular formula is C24H36N2O5. The maximum atomic E-state index is 13.0. The fourth-order valence-electron chi connectivity index (χ4n) is 4.57. The Balaban J connectivity index is 1.58. The first-order chi connectivity index (χ1) is 15.2. The quantitative estimate of drug-likeness (QED) is 0.572. The predicted molar refractivity (Wildman–Crippen MR) is 117 cm³/mol. The summed E-state index contributed by atoms with van der Waals surface area (Å²) >= 11 is 0. The summed E-state index contributed by atoms with van der Waals surface area (Å²) < 4.78 is 5.24. The van der Waals surface area contributed by atoms with Crippen LogP contribution in [0.1, 0.15) is 76.2 Å². The monoisotopic (exact) mass is 432 g/mol. The van der Waals surface area contributed by atoms with E-state index in [-0.39, 0.29) is 31.7 Å². The lowest BCUT2D eigenvalue weighted by atomic mass is 9.90. The van der Waals surface area contributed by atoms with Gasteiger partial charge in [-0.3, -0.25) is 0 Å². The molecule has 0 aromatic heterocycles. The van der Waals surface area contributed by atoms with Crippen LogP contribution in [0.4, 0.5) is 4.79 Å². The topological polar surface area (TPSA) is 88.1 Å². The van der Waals surface area contributed by atoms with E-state index >= 15 is 0 Å². The van der Waals surface area contributed by atoms with Crippen LogP contribution < -0.4 is 5.32 Å². The summed E-state index contributed by atoms with van der Waals surface area (Å²) in [6.45, 7) is -0.116. The van der Waals surface area contributed by atoms with Crippen molar-refractivity contribution in [3.63, 3.8) is 0 Å². The van der Waals surface area contributed by atoms with Gasteiger partial charge in [0.05, 0.1) is 0 Å². The minimum atomic E-state index is -0.942. The van der Waals surface area contributed by atoms with E-state index in [0.29, 0.717) is 0 Å². The highest BCUT2D eigenvalue weighted by Gasteiger charge is 2.34. The molecule has 31 heavy (non-hydrogen) atoms. The van der Waals surface area contributed by atoms with Crippen molar-refractivity contribution in [3.05, 3.63) is 35.9 Å². The van der Waals surface area contributed by atoms with E-state index in [9.17, 15) is 14.7 Å². The zero-order valence-electron chi connectivity index (χ0n) is 18.3. The van der Waals surface area contributed by atoms with E-state index in [1.807, 2.05) is 35.4 Å². The van der Waals surface area contributed by atoms with Crippen molar-refractivity contribution in [2.75, 3.05) is 6.61 Å². The van der Waals surface area contributed by atoms with Crippen LogP contribution in [0.3, 0.4) is 0 Å². The van der Waals surface area contributed by atoms with Crippen molar-refractivity contribution < 1.29 is 24.3 Å². The molecule has 2 N–H and O–H groups in total. The van der Waals surface area contributed by atoms with Gasteiger partial charge in [0.15, 0.2) is 0 Å². The number of aliphatic hydroxyl groups is 1. The van der Waals surface area contributed by atoms with Gasteiger partial charge in [0.2, 0.25) is 0 Å². The molecular weight excluding hydrogens is 396 g/mol. The summed E-state index contributed by atoms with van der Waals surface area (Å²) in [5, 5.41) is 13.9.